The van der Waals surface area contributed by atoms with Crippen LogP contribution in [0.4, 0.5) is 10.1 Å². The van der Waals surface area contributed by atoms with E-state index in [0.717, 1.165) is 0 Å². The lowest BCUT2D eigenvalue weighted by Crippen LogP contribution is -2.42. The number of pyridine rings is 2. The van der Waals surface area contributed by atoms with Crippen LogP contribution in [0.2, 0.25) is 5.02 Å². The van der Waals surface area contributed by atoms with E-state index < -0.39 is 17.1 Å². The SMILES string of the molecule is CC1(C(N)=O)CN=CC=C1Nc1cc(-c2cc(Cl)ccc2F)nc2ncccc12. The number of dihydropyridines is 1. The molecule has 2 aromatic heterocycles. The first kappa shape index (κ1) is 19.0. The number of hydrogen-bond donors (Lipinski definition) is 2. The molecule has 0 bridgehead atoms. The van der Waals surface area contributed by atoms with E-state index in [1.165, 1.54) is 18.2 Å². The van der Waals surface area contributed by atoms with E-state index in [0.29, 0.717) is 33.1 Å². The number of primary amides is 1. The zero-order chi connectivity index (χ0) is 20.6. The molecule has 0 saturated carbocycles. The van der Waals surface area contributed by atoms with Crippen LogP contribution in [0.1, 0.15) is 6.92 Å². The molecule has 0 saturated heterocycles. The van der Waals surface area contributed by atoms with E-state index in [1.807, 2.05) is 6.07 Å². The average molecular weight is 410 g/mol. The van der Waals surface area contributed by atoms with Gasteiger partial charge in [-0.2, -0.15) is 0 Å². The molecule has 3 aromatic rings. The molecule has 1 aliphatic heterocycles. The summed E-state index contributed by atoms with van der Waals surface area (Å²) >= 11 is 6.05. The summed E-state index contributed by atoms with van der Waals surface area (Å²) in [6.45, 7) is 1.96. The van der Waals surface area contributed by atoms with E-state index in [9.17, 15) is 9.18 Å². The molecule has 8 heteroatoms. The molecular formula is C21H17ClFN5O. The number of fused-ring (bicyclic) bond motifs is 1. The fourth-order valence-electron chi connectivity index (χ4n) is 3.16. The maximum Gasteiger partial charge on any atom is 0.231 e. The van der Waals surface area contributed by atoms with Crippen LogP contribution in [0.25, 0.3) is 22.3 Å². The molecule has 0 aliphatic carbocycles. The van der Waals surface area contributed by atoms with Crippen molar-refractivity contribution in [2.24, 2.45) is 16.1 Å². The number of nitrogens with zero attached hydrogens (tertiary/aromatic N) is 3. The Hall–Kier alpha value is -3.32. The number of halogens is 2. The number of anilines is 1. The first-order valence-corrected chi connectivity index (χ1v) is 9.25. The highest BCUT2D eigenvalue weighted by Crippen LogP contribution is 2.35. The van der Waals surface area contributed by atoms with Crippen molar-refractivity contribution in [3.63, 3.8) is 0 Å². The molecular weight excluding hydrogens is 393 g/mol. The van der Waals surface area contributed by atoms with Gasteiger partial charge in [-0.05, 0) is 49.4 Å². The van der Waals surface area contributed by atoms with Gasteiger partial charge in [-0.1, -0.05) is 11.6 Å². The summed E-state index contributed by atoms with van der Waals surface area (Å²) in [4.78, 5) is 25.0. The van der Waals surface area contributed by atoms with Gasteiger partial charge in [0.15, 0.2) is 5.65 Å². The number of allylic oxidation sites excluding steroid dienone is 1. The Labute approximate surface area is 171 Å². The van der Waals surface area contributed by atoms with Crippen LogP contribution in [0.3, 0.4) is 0 Å². The molecule has 3 heterocycles. The molecule has 146 valence electrons. The van der Waals surface area contributed by atoms with Crippen LogP contribution >= 0.6 is 11.6 Å². The lowest BCUT2D eigenvalue weighted by atomic mass is 9.84. The van der Waals surface area contributed by atoms with Gasteiger partial charge in [0.2, 0.25) is 5.91 Å². The maximum atomic E-state index is 14.4. The predicted octanol–water partition coefficient (Wildman–Crippen LogP) is 3.96. The Morgan fingerprint density at radius 2 is 2.14 bits per heavy atom. The third kappa shape index (κ3) is 3.45. The lowest BCUT2D eigenvalue weighted by Gasteiger charge is -2.30. The minimum Gasteiger partial charge on any atom is -0.369 e. The largest absolute Gasteiger partial charge is 0.369 e. The van der Waals surface area contributed by atoms with Crippen LogP contribution in [-0.4, -0.2) is 28.6 Å². The number of aliphatic imine (C=N–C) groups is 1. The van der Waals surface area contributed by atoms with Crippen LogP contribution in [0.15, 0.2) is 59.4 Å². The molecule has 6 nitrogen and oxygen atoms in total. The number of nitrogens with two attached hydrogens (primary N) is 1. The van der Waals surface area contributed by atoms with Gasteiger partial charge in [-0.15, -0.1) is 0 Å². The van der Waals surface area contributed by atoms with Gasteiger partial charge in [-0.25, -0.2) is 14.4 Å². The van der Waals surface area contributed by atoms with Gasteiger partial charge >= 0.3 is 0 Å². The van der Waals surface area contributed by atoms with Gasteiger partial charge in [0.05, 0.1) is 17.9 Å². The van der Waals surface area contributed by atoms with E-state index in [2.05, 4.69) is 20.3 Å². The minimum atomic E-state index is -0.992. The van der Waals surface area contributed by atoms with Crippen LogP contribution in [-0.2, 0) is 4.79 Å². The zero-order valence-corrected chi connectivity index (χ0v) is 16.2. The number of hydrogen-bond acceptors (Lipinski definition) is 5. The topological polar surface area (TPSA) is 93.3 Å². The average Bonchev–Trinajstić information content (AvgIpc) is 2.71. The first-order chi connectivity index (χ1) is 13.9. The molecule has 0 fully saturated rings. The molecule has 1 amide bonds. The molecule has 29 heavy (non-hydrogen) atoms. The summed E-state index contributed by atoms with van der Waals surface area (Å²) < 4.78 is 14.4. The van der Waals surface area contributed by atoms with Gasteiger partial charge in [-0.3, -0.25) is 9.79 Å². The summed E-state index contributed by atoms with van der Waals surface area (Å²) in [5, 5.41) is 4.38. The number of amides is 1. The van der Waals surface area contributed by atoms with Crippen molar-refractivity contribution in [1.29, 1.82) is 0 Å². The fourth-order valence-corrected chi connectivity index (χ4v) is 3.33. The summed E-state index contributed by atoms with van der Waals surface area (Å²) in [6.07, 6.45) is 4.93. The Kier molecular flexibility index (Phi) is 4.76. The number of benzene rings is 1. The van der Waals surface area contributed by atoms with Crippen molar-refractivity contribution >= 4 is 40.4 Å². The molecule has 0 spiro atoms. The molecule has 4 rings (SSSR count). The summed E-state index contributed by atoms with van der Waals surface area (Å²) in [5.74, 6) is -0.945. The van der Waals surface area contributed by atoms with Crippen molar-refractivity contribution in [2.45, 2.75) is 6.92 Å². The number of nitrogens with one attached hydrogen (secondary N) is 1. The first-order valence-electron chi connectivity index (χ1n) is 8.87. The smallest absolute Gasteiger partial charge is 0.231 e. The maximum absolute atomic E-state index is 14.4. The van der Waals surface area contributed by atoms with Crippen molar-refractivity contribution in [1.82, 2.24) is 9.97 Å². The van der Waals surface area contributed by atoms with E-state index in [-0.39, 0.29) is 12.1 Å². The van der Waals surface area contributed by atoms with Gasteiger partial charge in [0.1, 0.15) is 11.2 Å². The monoisotopic (exact) mass is 409 g/mol. The predicted molar refractivity (Wildman–Crippen MR) is 112 cm³/mol. The third-order valence-electron chi connectivity index (χ3n) is 4.95. The Bertz CT molecular complexity index is 1190. The van der Waals surface area contributed by atoms with Crippen LogP contribution in [0, 0.1) is 11.2 Å². The second-order valence-electron chi connectivity index (χ2n) is 6.95. The number of carbonyl (C=O) groups is 1. The second-order valence-corrected chi connectivity index (χ2v) is 7.38. The Balaban J connectivity index is 1.88. The van der Waals surface area contributed by atoms with E-state index in [4.69, 9.17) is 17.3 Å². The zero-order valence-electron chi connectivity index (χ0n) is 15.5. The standard InChI is InChI=1S/C21H17ClFN5O/c1-21(20(24)29)11-25-8-6-18(21)27-16-10-17(14-9-12(22)4-5-15(14)23)28-19-13(16)3-2-7-26-19/h2-10H,11H2,1H3,(H2,24,29)(H,26,27,28). The fraction of sp³-hybridized carbons (Fsp3) is 0.143. The van der Waals surface area contributed by atoms with E-state index >= 15 is 0 Å². The van der Waals surface area contributed by atoms with Gasteiger partial charge in [0.25, 0.3) is 0 Å². The Morgan fingerprint density at radius 3 is 2.93 bits per heavy atom. The number of aromatic nitrogens is 2. The normalized spacial score (nSPS) is 18.5. The van der Waals surface area contributed by atoms with E-state index in [1.54, 1.807) is 37.5 Å². The van der Waals surface area contributed by atoms with Crippen molar-refractivity contribution in [3.8, 4) is 11.3 Å². The van der Waals surface area contributed by atoms with Crippen LogP contribution < -0.4 is 11.1 Å². The molecule has 1 atom stereocenters. The van der Waals surface area contributed by atoms with Crippen molar-refractivity contribution in [3.05, 3.63) is 65.2 Å². The third-order valence-corrected chi connectivity index (χ3v) is 5.19. The summed E-state index contributed by atoms with van der Waals surface area (Å²) in [7, 11) is 0. The summed E-state index contributed by atoms with van der Waals surface area (Å²) in [6, 6.07) is 9.60. The van der Waals surface area contributed by atoms with Gasteiger partial charge in [0, 0.05) is 34.1 Å². The molecule has 1 aromatic carbocycles. The highest BCUT2D eigenvalue weighted by molar-refractivity contribution is 6.30. The minimum absolute atomic E-state index is 0.234. The second kappa shape index (κ2) is 7.25. The molecule has 1 unspecified atom stereocenters. The molecule has 3 N–H and O–H groups in total. The molecule has 0 radical (unpaired) electrons. The van der Waals surface area contributed by atoms with Crippen molar-refractivity contribution in [2.75, 3.05) is 11.9 Å². The highest BCUT2D eigenvalue weighted by atomic mass is 35.5. The summed E-state index contributed by atoms with van der Waals surface area (Å²) in [5.41, 5.74) is 6.90. The molecule has 1 aliphatic rings. The quantitative estimate of drug-likeness (QED) is 0.682. The highest BCUT2D eigenvalue weighted by Gasteiger charge is 2.37. The number of carbonyl (C=O) groups excluding carboxylic acids is 1. The van der Waals surface area contributed by atoms with Crippen LogP contribution in [0.5, 0.6) is 0 Å². The van der Waals surface area contributed by atoms with Crippen molar-refractivity contribution < 1.29 is 9.18 Å². The Morgan fingerprint density at radius 1 is 1.31 bits per heavy atom. The lowest BCUT2D eigenvalue weighted by molar-refractivity contribution is -0.124. The number of rotatable bonds is 4. The van der Waals surface area contributed by atoms with Gasteiger partial charge < -0.3 is 11.1 Å².